The largest absolute Gasteiger partial charge is 0.301 e. The molecule has 4 rings (SSSR count). The molecule has 0 fully saturated rings. The third-order valence-electron chi connectivity index (χ3n) is 4.66. The number of nitro benzene ring substituents is 1. The van der Waals surface area contributed by atoms with E-state index in [4.69, 9.17) is 5.73 Å². The van der Waals surface area contributed by atoms with Crippen molar-refractivity contribution in [2.45, 2.75) is 5.66 Å². The smallest absolute Gasteiger partial charge is 0.269 e. The molecule has 1 atom stereocenters. The van der Waals surface area contributed by atoms with Gasteiger partial charge < -0.3 is 5.73 Å². The molecule has 1 heterocycles. The zero-order valence-corrected chi connectivity index (χ0v) is 13.7. The van der Waals surface area contributed by atoms with Crippen molar-refractivity contribution in [2.24, 2.45) is 5.73 Å². The van der Waals surface area contributed by atoms with Crippen molar-refractivity contribution < 1.29 is 9.72 Å². The molecule has 3 aromatic rings. The standard InChI is InChI=1S/C20H15N3O3/c21-20(14-6-2-1-3-7-14)18-9-5-4-8-17(18)19(24)22(20)15-10-12-16(13-11-15)23(25)26/h1-13H,21H2. The lowest BCUT2D eigenvalue weighted by atomic mass is 9.91. The SMILES string of the molecule is NC1(c2ccccc2)c2ccccc2C(=O)N1c1ccc([N+](=O)[O-])cc1. The molecule has 6 heteroatoms. The summed E-state index contributed by atoms with van der Waals surface area (Å²) in [7, 11) is 0. The number of nitro groups is 1. The minimum atomic E-state index is -1.19. The Morgan fingerprint density at radius 3 is 2.15 bits per heavy atom. The van der Waals surface area contributed by atoms with E-state index in [9.17, 15) is 14.9 Å². The van der Waals surface area contributed by atoms with Crippen molar-refractivity contribution in [1.82, 2.24) is 0 Å². The molecule has 0 aliphatic carbocycles. The third kappa shape index (κ3) is 2.20. The van der Waals surface area contributed by atoms with Crippen LogP contribution in [0.25, 0.3) is 0 Å². The minimum Gasteiger partial charge on any atom is -0.301 e. The maximum absolute atomic E-state index is 13.1. The molecular formula is C20H15N3O3. The molecule has 0 radical (unpaired) electrons. The maximum Gasteiger partial charge on any atom is 0.269 e. The fraction of sp³-hybridized carbons (Fsp3) is 0.0500. The molecule has 0 saturated heterocycles. The maximum atomic E-state index is 13.1. The van der Waals surface area contributed by atoms with Crippen LogP contribution in [-0.4, -0.2) is 10.8 Å². The zero-order chi connectivity index (χ0) is 18.3. The van der Waals surface area contributed by atoms with E-state index in [1.165, 1.54) is 17.0 Å². The van der Waals surface area contributed by atoms with Crippen molar-refractivity contribution in [3.8, 4) is 0 Å². The second kappa shape index (κ2) is 5.79. The first-order valence-corrected chi connectivity index (χ1v) is 8.06. The van der Waals surface area contributed by atoms with Crippen LogP contribution in [0, 0.1) is 10.1 Å². The van der Waals surface area contributed by atoms with E-state index < -0.39 is 10.6 Å². The van der Waals surface area contributed by atoms with Crippen molar-refractivity contribution in [1.29, 1.82) is 0 Å². The van der Waals surface area contributed by atoms with E-state index in [0.717, 1.165) is 5.56 Å². The molecule has 1 aliphatic heterocycles. The molecule has 6 nitrogen and oxygen atoms in total. The van der Waals surface area contributed by atoms with Gasteiger partial charge in [0.2, 0.25) is 0 Å². The van der Waals surface area contributed by atoms with Crippen LogP contribution in [0.1, 0.15) is 21.5 Å². The Labute approximate surface area is 149 Å². The van der Waals surface area contributed by atoms with Crippen LogP contribution in [-0.2, 0) is 5.66 Å². The molecule has 1 unspecified atom stereocenters. The Hall–Kier alpha value is -3.51. The second-order valence-electron chi connectivity index (χ2n) is 6.09. The van der Waals surface area contributed by atoms with Crippen molar-refractivity contribution in [3.05, 3.63) is 106 Å². The first-order valence-electron chi connectivity index (χ1n) is 8.06. The predicted octanol–water partition coefficient (Wildman–Crippen LogP) is 3.42. The van der Waals surface area contributed by atoms with Gasteiger partial charge in [0.15, 0.2) is 0 Å². The molecule has 0 saturated carbocycles. The number of carbonyl (C=O) groups is 1. The van der Waals surface area contributed by atoms with Crippen LogP contribution >= 0.6 is 0 Å². The molecule has 0 spiro atoms. The second-order valence-corrected chi connectivity index (χ2v) is 6.09. The Bertz CT molecular complexity index is 1000. The number of rotatable bonds is 3. The quantitative estimate of drug-likeness (QED) is 0.582. The lowest BCUT2D eigenvalue weighted by Crippen LogP contribution is -2.52. The van der Waals surface area contributed by atoms with E-state index in [2.05, 4.69) is 0 Å². The topological polar surface area (TPSA) is 89.5 Å². The van der Waals surface area contributed by atoms with Gasteiger partial charge in [0.05, 0.1) is 4.92 Å². The number of hydrogen-bond donors (Lipinski definition) is 1. The van der Waals surface area contributed by atoms with E-state index in [1.807, 2.05) is 42.5 Å². The lowest BCUT2D eigenvalue weighted by Gasteiger charge is -2.36. The number of nitrogens with zero attached hydrogens (tertiary/aromatic N) is 2. The fourth-order valence-electron chi connectivity index (χ4n) is 3.42. The van der Waals surface area contributed by atoms with E-state index in [0.29, 0.717) is 16.8 Å². The molecule has 26 heavy (non-hydrogen) atoms. The van der Waals surface area contributed by atoms with E-state index in [-0.39, 0.29) is 11.6 Å². The van der Waals surface area contributed by atoms with Crippen LogP contribution in [0.5, 0.6) is 0 Å². The van der Waals surface area contributed by atoms with Crippen LogP contribution in [0.4, 0.5) is 11.4 Å². The number of hydrogen-bond acceptors (Lipinski definition) is 4. The summed E-state index contributed by atoms with van der Waals surface area (Å²) in [6.45, 7) is 0. The summed E-state index contributed by atoms with van der Waals surface area (Å²) < 4.78 is 0. The number of carbonyl (C=O) groups excluding carboxylic acids is 1. The molecule has 0 bridgehead atoms. The van der Waals surface area contributed by atoms with Gasteiger partial charge >= 0.3 is 0 Å². The molecular weight excluding hydrogens is 330 g/mol. The third-order valence-corrected chi connectivity index (χ3v) is 4.66. The van der Waals surface area contributed by atoms with E-state index >= 15 is 0 Å². The summed E-state index contributed by atoms with van der Waals surface area (Å²) in [5.41, 5.74) is 8.09. The highest BCUT2D eigenvalue weighted by molar-refractivity contribution is 6.12. The Morgan fingerprint density at radius 2 is 1.50 bits per heavy atom. The van der Waals surface area contributed by atoms with Crippen LogP contribution in [0.2, 0.25) is 0 Å². The molecule has 0 aromatic heterocycles. The van der Waals surface area contributed by atoms with Crippen molar-refractivity contribution in [3.63, 3.8) is 0 Å². The van der Waals surface area contributed by atoms with Gasteiger partial charge in [0, 0.05) is 28.9 Å². The number of amides is 1. The summed E-state index contributed by atoms with van der Waals surface area (Å²) >= 11 is 0. The highest BCUT2D eigenvalue weighted by atomic mass is 16.6. The highest BCUT2D eigenvalue weighted by Crippen LogP contribution is 2.43. The van der Waals surface area contributed by atoms with E-state index in [1.54, 1.807) is 24.3 Å². The van der Waals surface area contributed by atoms with Gasteiger partial charge in [0.25, 0.3) is 11.6 Å². The molecule has 1 aliphatic rings. The predicted molar refractivity (Wildman–Crippen MR) is 97.8 cm³/mol. The Kier molecular flexibility index (Phi) is 3.56. The number of benzene rings is 3. The molecule has 2 N–H and O–H groups in total. The monoisotopic (exact) mass is 345 g/mol. The normalized spacial score (nSPS) is 18.7. The lowest BCUT2D eigenvalue weighted by molar-refractivity contribution is -0.384. The van der Waals surface area contributed by atoms with Gasteiger partial charge in [-0.05, 0) is 23.8 Å². The number of anilines is 1. The van der Waals surface area contributed by atoms with Gasteiger partial charge in [-0.3, -0.25) is 19.8 Å². The molecule has 1 amide bonds. The summed E-state index contributed by atoms with van der Waals surface area (Å²) in [6.07, 6.45) is 0. The van der Waals surface area contributed by atoms with Crippen LogP contribution in [0.3, 0.4) is 0 Å². The zero-order valence-electron chi connectivity index (χ0n) is 13.7. The van der Waals surface area contributed by atoms with Gasteiger partial charge in [-0.25, -0.2) is 0 Å². The average Bonchev–Trinajstić information content (AvgIpc) is 2.91. The summed E-state index contributed by atoms with van der Waals surface area (Å²) in [5.74, 6) is -0.235. The van der Waals surface area contributed by atoms with Crippen molar-refractivity contribution >= 4 is 17.3 Å². The summed E-state index contributed by atoms with van der Waals surface area (Å²) in [4.78, 5) is 25.1. The Morgan fingerprint density at radius 1 is 0.885 bits per heavy atom. The number of fused-ring (bicyclic) bond motifs is 1. The summed E-state index contributed by atoms with van der Waals surface area (Å²) in [5, 5.41) is 10.9. The first kappa shape index (κ1) is 16.0. The summed E-state index contributed by atoms with van der Waals surface area (Å²) in [6, 6.07) is 22.4. The van der Waals surface area contributed by atoms with Gasteiger partial charge in [0.1, 0.15) is 5.66 Å². The van der Waals surface area contributed by atoms with Gasteiger partial charge in [-0.15, -0.1) is 0 Å². The minimum absolute atomic E-state index is 0.0414. The number of nitrogens with two attached hydrogens (primary N) is 1. The van der Waals surface area contributed by atoms with Gasteiger partial charge in [-0.1, -0.05) is 48.5 Å². The van der Waals surface area contributed by atoms with Gasteiger partial charge in [-0.2, -0.15) is 0 Å². The Balaban J connectivity index is 1.93. The number of non-ortho nitro benzene ring substituents is 1. The first-order chi connectivity index (χ1) is 12.5. The average molecular weight is 345 g/mol. The van der Waals surface area contributed by atoms with Crippen molar-refractivity contribution in [2.75, 3.05) is 4.90 Å². The van der Waals surface area contributed by atoms with Crippen LogP contribution in [0.15, 0.2) is 78.9 Å². The van der Waals surface area contributed by atoms with Crippen LogP contribution < -0.4 is 10.6 Å². The molecule has 128 valence electrons. The highest BCUT2D eigenvalue weighted by Gasteiger charge is 2.48. The molecule has 3 aromatic carbocycles. The fourth-order valence-corrected chi connectivity index (χ4v) is 3.42.